The van der Waals surface area contributed by atoms with E-state index in [1.165, 1.54) is 0 Å². The lowest BCUT2D eigenvalue weighted by Gasteiger charge is -2.19. The second kappa shape index (κ2) is 9.95. The average molecular weight is 443 g/mol. The number of aromatic nitrogens is 1. The van der Waals surface area contributed by atoms with Gasteiger partial charge in [0.2, 0.25) is 11.8 Å². The highest BCUT2D eigenvalue weighted by molar-refractivity contribution is 5.97. The highest BCUT2D eigenvalue weighted by Gasteiger charge is 2.31. The first-order valence-electron chi connectivity index (χ1n) is 9.69. The number of anilines is 1. The summed E-state index contributed by atoms with van der Waals surface area (Å²) >= 11 is 0. The van der Waals surface area contributed by atoms with Gasteiger partial charge in [-0.25, -0.2) is 0 Å². The zero-order valence-corrected chi connectivity index (χ0v) is 16.8. The molecule has 1 unspecified atom stereocenters. The third kappa shape index (κ3) is 6.31. The molecular weight excluding hydrogens is 423 g/mol. The smallest absolute Gasteiger partial charge is 0.342 e. The quantitative estimate of drug-likeness (QED) is 0.589. The van der Waals surface area contributed by atoms with Crippen molar-refractivity contribution < 1.29 is 22.8 Å². The number of benzene rings is 2. The number of halogens is 3. The van der Waals surface area contributed by atoms with Crippen molar-refractivity contribution in [1.29, 1.82) is 0 Å². The van der Waals surface area contributed by atoms with E-state index >= 15 is 0 Å². The molecule has 0 bridgehead atoms. The van der Waals surface area contributed by atoms with Crippen LogP contribution in [-0.4, -0.2) is 22.4 Å². The Morgan fingerprint density at radius 2 is 1.53 bits per heavy atom. The van der Waals surface area contributed by atoms with E-state index in [0.717, 1.165) is 11.6 Å². The van der Waals surface area contributed by atoms with Crippen LogP contribution in [-0.2, 0) is 28.7 Å². The van der Waals surface area contributed by atoms with Gasteiger partial charge in [0.1, 0.15) is 12.6 Å². The Hall–Kier alpha value is -3.88. The van der Waals surface area contributed by atoms with Gasteiger partial charge >= 0.3 is 6.18 Å². The summed E-state index contributed by atoms with van der Waals surface area (Å²) < 4.78 is 39.5. The Balaban J connectivity index is 1.77. The predicted molar refractivity (Wildman–Crippen MR) is 113 cm³/mol. The number of pyridine rings is 1. The third-order valence-electron chi connectivity index (χ3n) is 4.60. The number of carbonyl (C=O) groups is 2. The summed E-state index contributed by atoms with van der Waals surface area (Å²) in [6, 6.07) is 18.0. The minimum Gasteiger partial charge on any atom is -0.342 e. The van der Waals surface area contributed by atoms with Crippen molar-refractivity contribution in [1.82, 2.24) is 9.88 Å². The van der Waals surface area contributed by atoms with Gasteiger partial charge in [0.25, 0.3) is 5.56 Å². The van der Waals surface area contributed by atoms with E-state index in [9.17, 15) is 27.6 Å². The molecule has 1 aromatic heterocycles. The molecule has 32 heavy (non-hydrogen) atoms. The van der Waals surface area contributed by atoms with Gasteiger partial charge in [-0.3, -0.25) is 14.4 Å². The van der Waals surface area contributed by atoms with Crippen LogP contribution in [0.3, 0.4) is 0 Å². The summed E-state index contributed by atoms with van der Waals surface area (Å²) in [7, 11) is 0. The minimum atomic E-state index is -4.66. The first kappa shape index (κ1) is 22.8. The molecule has 2 aromatic carbocycles. The van der Waals surface area contributed by atoms with Crippen molar-refractivity contribution in [3.8, 4) is 0 Å². The molecule has 1 atom stereocenters. The molecule has 0 radical (unpaired) electrons. The standard InChI is InChI=1S/C23H20F3N3O3/c24-23(25,26)17-11-12-21(31)29(14-17)15-20(30)28-19(13-16-7-3-1-4-8-16)22(32)27-18-9-5-2-6-10-18/h1-12,14,19H,13,15H2,(H,27,32)(H,28,30). The van der Waals surface area contributed by atoms with Gasteiger partial charge in [-0.2, -0.15) is 13.2 Å². The highest BCUT2D eigenvalue weighted by Crippen LogP contribution is 2.28. The lowest BCUT2D eigenvalue weighted by Crippen LogP contribution is -2.47. The van der Waals surface area contributed by atoms with Gasteiger partial charge in [-0.15, -0.1) is 0 Å². The number of nitrogens with zero attached hydrogens (tertiary/aromatic N) is 1. The van der Waals surface area contributed by atoms with E-state index < -0.39 is 41.7 Å². The molecule has 0 aliphatic rings. The number of amides is 2. The van der Waals surface area contributed by atoms with Gasteiger partial charge in [0.05, 0.1) is 5.56 Å². The molecule has 6 nitrogen and oxygen atoms in total. The van der Waals surface area contributed by atoms with Crippen molar-refractivity contribution in [2.75, 3.05) is 5.32 Å². The fourth-order valence-corrected chi connectivity index (χ4v) is 3.03. The Kier molecular flexibility index (Phi) is 7.09. The number of hydrogen-bond acceptors (Lipinski definition) is 3. The molecule has 166 valence electrons. The molecule has 3 aromatic rings. The van der Waals surface area contributed by atoms with Gasteiger partial charge in [-0.1, -0.05) is 48.5 Å². The van der Waals surface area contributed by atoms with Crippen molar-refractivity contribution in [2.45, 2.75) is 25.2 Å². The fraction of sp³-hybridized carbons (Fsp3) is 0.174. The zero-order chi connectivity index (χ0) is 23.1. The third-order valence-corrected chi connectivity index (χ3v) is 4.60. The fourth-order valence-electron chi connectivity index (χ4n) is 3.03. The van der Waals surface area contributed by atoms with E-state index in [2.05, 4.69) is 10.6 Å². The van der Waals surface area contributed by atoms with E-state index in [0.29, 0.717) is 22.5 Å². The SMILES string of the molecule is O=C(Cn1cc(C(F)(F)F)ccc1=O)NC(Cc1ccccc1)C(=O)Nc1ccccc1. The van der Waals surface area contributed by atoms with E-state index in [4.69, 9.17) is 0 Å². The Bertz CT molecular complexity index is 1130. The summed E-state index contributed by atoms with van der Waals surface area (Å²) in [5.41, 5.74) is -0.509. The van der Waals surface area contributed by atoms with Gasteiger partial charge in [0.15, 0.2) is 0 Å². The first-order chi connectivity index (χ1) is 15.2. The summed E-state index contributed by atoms with van der Waals surface area (Å²) in [6.07, 6.45) is -3.92. The Morgan fingerprint density at radius 1 is 0.906 bits per heavy atom. The molecule has 2 N–H and O–H groups in total. The molecule has 9 heteroatoms. The largest absolute Gasteiger partial charge is 0.417 e. The van der Waals surface area contributed by atoms with Crippen LogP contribution in [0.25, 0.3) is 0 Å². The summed E-state index contributed by atoms with van der Waals surface area (Å²) in [5.74, 6) is -1.26. The molecule has 0 aliphatic carbocycles. The molecule has 0 fully saturated rings. The van der Waals surface area contributed by atoms with Crippen molar-refractivity contribution in [3.05, 3.63) is 100 Å². The van der Waals surface area contributed by atoms with Crippen LogP contribution >= 0.6 is 0 Å². The topological polar surface area (TPSA) is 80.2 Å². The molecule has 1 heterocycles. The molecular formula is C23H20F3N3O3. The molecule has 3 rings (SSSR count). The lowest BCUT2D eigenvalue weighted by atomic mass is 10.0. The average Bonchev–Trinajstić information content (AvgIpc) is 2.75. The summed E-state index contributed by atoms with van der Waals surface area (Å²) in [6.45, 7) is -0.660. The number of hydrogen-bond donors (Lipinski definition) is 2. The number of rotatable bonds is 7. The normalized spacial score (nSPS) is 12.1. The van der Waals surface area contributed by atoms with Crippen LogP contribution in [0.1, 0.15) is 11.1 Å². The van der Waals surface area contributed by atoms with Crippen LogP contribution in [0, 0.1) is 0 Å². The molecule has 0 aliphatic heterocycles. The van der Waals surface area contributed by atoms with Crippen molar-refractivity contribution in [3.63, 3.8) is 0 Å². The van der Waals surface area contributed by atoms with Crippen LogP contribution in [0.5, 0.6) is 0 Å². The summed E-state index contributed by atoms with van der Waals surface area (Å²) in [4.78, 5) is 37.3. The molecule has 0 saturated heterocycles. The van der Waals surface area contributed by atoms with Gasteiger partial charge in [0, 0.05) is 24.4 Å². The Labute approximate surface area is 181 Å². The second-order valence-electron chi connectivity index (χ2n) is 7.05. The van der Waals surface area contributed by atoms with Gasteiger partial charge < -0.3 is 15.2 Å². The maximum Gasteiger partial charge on any atom is 0.417 e. The predicted octanol–water partition coefficient (Wildman–Crippen LogP) is 3.23. The van der Waals surface area contributed by atoms with Crippen LogP contribution in [0.2, 0.25) is 0 Å². The second-order valence-corrected chi connectivity index (χ2v) is 7.05. The number of para-hydroxylation sites is 1. The number of carbonyl (C=O) groups excluding carboxylic acids is 2. The summed E-state index contributed by atoms with van der Waals surface area (Å²) in [5, 5.41) is 5.23. The number of nitrogens with one attached hydrogen (secondary N) is 2. The maximum atomic E-state index is 12.9. The van der Waals surface area contributed by atoms with Crippen molar-refractivity contribution >= 4 is 17.5 Å². The number of alkyl halides is 3. The van der Waals surface area contributed by atoms with Crippen LogP contribution < -0.4 is 16.2 Å². The molecule has 2 amide bonds. The lowest BCUT2D eigenvalue weighted by molar-refractivity contribution is -0.138. The Morgan fingerprint density at radius 3 is 2.16 bits per heavy atom. The maximum absolute atomic E-state index is 12.9. The molecule has 0 spiro atoms. The van der Waals surface area contributed by atoms with E-state index in [1.807, 2.05) is 0 Å². The van der Waals surface area contributed by atoms with E-state index in [-0.39, 0.29) is 6.42 Å². The van der Waals surface area contributed by atoms with E-state index in [1.54, 1.807) is 60.7 Å². The van der Waals surface area contributed by atoms with Gasteiger partial charge in [-0.05, 0) is 23.8 Å². The highest BCUT2D eigenvalue weighted by atomic mass is 19.4. The first-order valence-corrected chi connectivity index (χ1v) is 9.69. The molecule has 0 saturated carbocycles. The van der Waals surface area contributed by atoms with Crippen molar-refractivity contribution in [2.24, 2.45) is 0 Å². The van der Waals surface area contributed by atoms with Crippen LogP contribution in [0.4, 0.5) is 18.9 Å². The zero-order valence-electron chi connectivity index (χ0n) is 16.8. The van der Waals surface area contributed by atoms with Crippen LogP contribution in [0.15, 0.2) is 83.8 Å². The monoisotopic (exact) mass is 443 g/mol. The minimum absolute atomic E-state index is 0.155.